The summed E-state index contributed by atoms with van der Waals surface area (Å²) in [6, 6.07) is 2.80. The second kappa shape index (κ2) is 7.22. The van der Waals surface area contributed by atoms with E-state index in [1.165, 1.54) is 6.07 Å². The maximum absolute atomic E-state index is 13.7. The largest absolute Gasteiger partial charge is 0.419 e. The van der Waals surface area contributed by atoms with Crippen LogP contribution in [0.25, 0.3) is 0 Å². The van der Waals surface area contributed by atoms with Gasteiger partial charge in [-0.15, -0.1) is 0 Å². The van der Waals surface area contributed by atoms with Gasteiger partial charge in [0, 0.05) is 18.5 Å². The summed E-state index contributed by atoms with van der Waals surface area (Å²) in [5, 5.41) is 3.08. The lowest BCUT2D eigenvalue weighted by atomic mass is 9.88. The SMILES string of the molecule is CC(C)NC[C@@H](C(=O)C(C)C)c1ccc(C(F)(F)F)c(F)c1. The fourth-order valence-corrected chi connectivity index (χ4v) is 2.12. The van der Waals surface area contributed by atoms with Crippen LogP contribution in [0.2, 0.25) is 0 Å². The molecule has 1 aromatic carbocycles. The van der Waals surface area contributed by atoms with Crippen molar-refractivity contribution in [2.24, 2.45) is 5.92 Å². The minimum atomic E-state index is -4.74. The number of carbonyl (C=O) groups excluding carboxylic acids is 1. The standard InChI is InChI=1S/C16H21F4NO/c1-9(2)15(22)12(8-21-10(3)4)11-5-6-13(14(17)7-11)16(18,19)20/h5-7,9-10,12,21H,8H2,1-4H3/t12-/m1/s1. The van der Waals surface area contributed by atoms with Crippen molar-refractivity contribution >= 4 is 5.78 Å². The van der Waals surface area contributed by atoms with Crippen LogP contribution < -0.4 is 5.32 Å². The van der Waals surface area contributed by atoms with Gasteiger partial charge in [0.05, 0.1) is 11.5 Å². The molecule has 22 heavy (non-hydrogen) atoms. The Hall–Kier alpha value is -1.43. The quantitative estimate of drug-likeness (QED) is 0.798. The molecule has 6 heteroatoms. The number of nitrogens with one attached hydrogen (secondary N) is 1. The Labute approximate surface area is 127 Å². The molecule has 1 aromatic rings. The second-order valence-corrected chi connectivity index (χ2v) is 5.91. The Morgan fingerprint density at radius 3 is 2.18 bits per heavy atom. The Morgan fingerprint density at radius 1 is 1.18 bits per heavy atom. The molecule has 0 unspecified atom stereocenters. The fourth-order valence-electron chi connectivity index (χ4n) is 2.12. The van der Waals surface area contributed by atoms with Gasteiger partial charge in [-0.25, -0.2) is 4.39 Å². The third-order valence-electron chi connectivity index (χ3n) is 3.34. The molecule has 0 fully saturated rings. The molecule has 1 rings (SSSR count). The number of hydrogen-bond acceptors (Lipinski definition) is 2. The first-order valence-corrected chi connectivity index (χ1v) is 7.17. The van der Waals surface area contributed by atoms with Gasteiger partial charge in [-0.3, -0.25) is 4.79 Å². The molecule has 0 amide bonds. The highest BCUT2D eigenvalue weighted by Gasteiger charge is 2.34. The summed E-state index contributed by atoms with van der Waals surface area (Å²) < 4.78 is 51.5. The molecule has 124 valence electrons. The van der Waals surface area contributed by atoms with Gasteiger partial charge in [0.25, 0.3) is 0 Å². The van der Waals surface area contributed by atoms with Crippen molar-refractivity contribution in [1.82, 2.24) is 5.32 Å². The van der Waals surface area contributed by atoms with E-state index in [0.29, 0.717) is 6.07 Å². The topological polar surface area (TPSA) is 29.1 Å². The third kappa shape index (κ3) is 4.80. The lowest BCUT2D eigenvalue weighted by Gasteiger charge is -2.21. The first-order valence-electron chi connectivity index (χ1n) is 7.17. The summed E-state index contributed by atoms with van der Waals surface area (Å²) in [5.74, 6) is -2.44. The van der Waals surface area contributed by atoms with E-state index in [4.69, 9.17) is 0 Å². The molecule has 0 saturated carbocycles. The van der Waals surface area contributed by atoms with Crippen molar-refractivity contribution in [3.8, 4) is 0 Å². The first-order chi connectivity index (χ1) is 10.0. The molecule has 0 aliphatic carbocycles. The number of carbonyl (C=O) groups is 1. The molecular weight excluding hydrogens is 298 g/mol. The molecule has 1 atom stereocenters. The fraction of sp³-hybridized carbons (Fsp3) is 0.562. The first kappa shape index (κ1) is 18.6. The molecular formula is C16H21F4NO. The van der Waals surface area contributed by atoms with Gasteiger partial charge in [0.1, 0.15) is 11.6 Å². The van der Waals surface area contributed by atoms with Crippen LogP contribution in [-0.4, -0.2) is 18.4 Å². The average molecular weight is 319 g/mol. The summed E-state index contributed by atoms with van der Waals surface area (Å²) in [4.78, 5) is 12.3. The monoisotopic (exact) mass is 319 g/mol. The highest BCUT2D eigenvalue weighted by Crippen LogP contribution is 2.33. The zero-order chi connectivity index (χ0) is 17.1. The zero-order valence-corrected chi connectivity index (χ0v) is 13.1. The Kier molecular flexibility index (Phi) is 6.11. The second-order valence-electron chi connectivity index (χ2n) is 5.91. The highest BCUT2D eigenvalue weighted by molar-refractivity contribution is 5.87. The van der Waals surface area contributed by atoms with E-state index in [1.54, 1.807) is 13.8 Å². The van der Waals surface area contributed by atoms with Crippen molar-refractivity contribution in [3.63, 3.8) is 0 Å². The molecule has 0 aromatic heterocycles. The number of benzene rings is 1. The summed E-state index contributed by atoms with van der Waals surface area (Å²) in [6.45, 7) is 7.48. The van der Waals surface area contributed by atoms with Gasteiger partial charge in [-0.2, -0.15) is 13.2 Å². The van der Waals surface area contributed by atoms with Gasteiger partial charge >= 0.3 is 6.18 Å². The van der Waals surface area contributed by atoms with E-state index in [-0.39, 0.29) is 29.9 Å². The maximum atomic E-state index is 13.7. The average Bonchev–Trinajstić information content (AvgIpc) is 2.36. The Balaban J connectivity index is 3.14. The van der Waals surface area contributed by atoms with E-state index >= 15 is 0 Å². The van der Waals surface area contributed by atoms with Gasteiger partial charge in [-0.05, 0) is 17.7 Å². The predicted molar refractivity (Wildman–Crippen MR) is 77.1 cm³/mol. The Bertz CT molecular complexity index is 523. The zero-order valence-electron chi connectivity index (χ0n) is 13.1. The van der Waals surface area contributed by atoms with Crippen LogP contribution in [-0.2, 0) is 11.0 Å². The normalized spacial score (nSPS) is 13.7. The number of rotatable bonds is 6. The summed E-state index contributed by atoms with van der Waals surface area (Å²) >= 11 is 0. The van der Waals surface area contributed by atoms with Crippen LogP contribution in [0.1, 0.15) is 44.7 Å². The lowest BCUT2D eigenvalue weighted by Crippen LogP contribution is -2.33. The van der Waals surface area contributed by atoms with E-state index in [1.807, 2.05) is 13.8 Å². The number of alkyl halides is 3. The minimum absolute atomic E-state index is 0.113. The number of Topliss-reactive ketones (excluding diaryl/α,β-unsaturated/α-hetero) is 1. The molecule has 0 aliphatic heterocycles. The molecule has 2 nitrogen and oxygen atoms in total. The number of halogens is 4. The summed E-state index contributed by atoms with van der Waals surface area (Å²) in [7, 11) is 0. The van der Waals surface area contributed by atoms with Crippen molar-refractivity contribution in [3.05, 3.63) is 35.1 Å². The summed E-state index contributed by atoms with van der Waals surface area (Å²) in [6.07, 6.45) is -4.74. The summed E-state index contributed by atoms with van der Waals surface area (Å²) in [5.41, 5.74) is -1.05. The molecule has 0 spiro atoms. The number of hydrogen-bond donors (Lipinski definition) is 1. The van der Waals surface area contributed by atoms with Crippen LogP contribution in [0.4, 0.5) is 17.6 Å². The molecule has 0 heterocycles. The van der Waals surface area contributed by atoms with Crippen molar-refractivity contribution < 1.29 is 22.4 Å². The van der Waals surface area contributed by atoms with Gasteiger partial charge in [0.2, 0.25) is 0 Å². The molecule has 0 saturated heterocycles. The lowest BCUT2D eigenvalue weighted by molar-refractivity contribution is -0.140. The van der Waals surface area contributed by atoms with Crippen LogP contribution in [0.5, 0.6) is 0 Å². The van der Waals surface area contributed by atoms with E-state index in [0.717, 1.165) is 6.07 Å². The van der Waals surface area contributed by atoms with Crippen molar-refractivity contribution in [2.45, 2.75) is 45.8 Å². The highest BCUT2D eigenvalue weighted by atomic mass is 19.4. The van der Waals surface area contributed by atoms with Crippen LogP contribution in [0.3, 0.4) is 0 Å². The van der Waals surface area contributed by atoms with Gasteiger partial charge < -0.3 is 5.32 Å². The van der Waals surface area contributed by atoms with Crippen LogP contribution in [0, 0.1) is 11.7 Å². The van der Waals surface area contributed by atoms with Crippen molar-refractivity contribution in [2.75, 3.05) is 6.54 Å². The van der Waals surface area contributed by atoms with Gasteiger partial charge in [0.15, 0.2) is 0 Å². The van der Waals surface area contributed by atoms with Gasteiger partial charge in [-0.1, -0.05) is 33.8 Å². The van der Waals surface area contributed by atoms with Crippen molar-refractivity contribution in [1.29, 1.82) is 0 Å². The number of ketones is 1. The molecule has 1 N–H and O–H groups in total. The van der Waals surface area contributed by atoms with E-state index in [9.17, 15) is 22.4 Å². The molecule has 0 radical (unpaired) electrons. The minimum Gasteiger partial charge on any atom is -0.313 e. The van der Waals surface area contributed by atoms with Crippen LogP contribution >= 0.6 is 0 Å². The van der Waals surface area contributed by atoms with Crippen LogP contribution in [0.15, 0.2) is 18.2 Å². The maximum Gasteiger partial charge on any atom is 0.419 e. The Morgan fingerprint density at radius 2 is 1.77 bits per heavy atom. The third-order valence-corrected chi connectivity index (χ3v) is 3.34. The molecule has 0 aliphatic rings. The molecule has 0 bridgehead atoms. The predicted octanol–water partition coefficient (Wildman–Crippen LogP) is 4.15. The smallest absolute Gasteiger partial charge is 0.313 e. The van der Waals surface area contributed by atoms with E-state index < -0.39 is 23.5 Å². The van der Waals surface area contributed by atoms with E-state index in [2.05, 4.69) is 5.32 Å².